The highest BCUT2D eigenvalue weighted by Crippen LogP contribution is 2.33. The van der Waals surface area contributed by atoms with Crippen molar-refractivity contribution in [3.8, 4) is 11.5 Å². The first-order valence-electron chi connectivity index (χ1n) is 7.43. The third-order valence-electron chi connectivity index (χ3n) is 3.18. The summed E-state index contributed by atoms with van der Waals surface area (Å²) in [6.45, 7) is -0.320. The Morgan fingerprint density at radius 1 is 1.14 bits per heavy atom. The van der Waals surface area contributed by atoms with Gasteiger partial charge in [-0.2, -0.15) is 0 Å². The lowest BCUT2D eigenvalue weighted by Gasteiger charge is -2.13. The van der Waals surface area contributed by atoms with Gasteiger partial charge in [0, 0.05) is 16.7 Å². The van der Waals surface area contributed by atoms with Gasteiger partial charge < -0.3 is 9.47 Å². The Labute approximate surface area is 172 Å². The second-order valence-corrected chi connectivity index (χ2v) is 8.12. The largest absolute Gasteiger partial charge is 0.573 e. The summed E-state index contributed by atoms with van der Waals surface area (Å²) in [5, 5.41) is -0.474. The van der Waals surface area contributed by atoms with E-state index in [2.05, 4.69) is 4.74 Å². The van der Waals surface area contributed by atoms with Crippen molar-refractivity contribution < 1.29 is 40.2 Å². The summed E-state index contributed by atoms with van der Waals surface area (Å²) >= 11 is 11.7. The number of ether oxygens (including phenoxy) is 2. The molecule has 0 heterocycles. The summed E-state index contributed by atoms with van der Waals surface area (Å²) in [6.07, 6.45) is -4.19. The molecule has 0 spiro atoms. The second-order valence-electron chi connectivity index (χ2n) is 5.56. The van der Waals surface area contributed by atoms with E-state index in [9.17, 15) is 30.8 Å². The molecule has 0 radical (unpaired) electrons. The molecule has 158 valence electrons. The number of sulfonamides is 1. The molecule has 0 aromatic heterocycles. The van der Waals surface area contributed by atoms with Gasteiger partial charge in [0.15, 0.2) is 0 Å². The maximum atomic E-state index is 14.1. The zero-order valence-corrected chi connectivity index (χ0v) is 16.6. The first-order chi connectivity index (χ1) is 13.2. The van der Waals surface area contributed by atoms with Crippen LogP contribution in [0.15, 0.2) is 30.3 Å². The van der Waals surface area contributed by atoms with Crippen molar-refractivity contribution in [3.05, 3.63) is 57.3 Å². The molecule has 1 N–H and O–H groups in total. The number of amides is 1. The Kier molecular flexibility index (Phi) is 6.86. The molecule has 6 nitrogen and oxygen atoms in total. The number of benzene rings is 2. The lowest BCUT2D eigenvalue weighted by Crippen LogP contribution is -2.30. The van der Waals surface area contributed by atoms with Gasteiger partial charge in [-0.15, -0.1) is 13.2 Å². The molecule has 0 aliphatic heterocycles. The van der Waals surface area contributed by atoms with Gasteiger partial charge in [-0.05, 0) is 24.3 Å². The number of hydrogen-bond acceptors (Lipinski definition) is 5. The van der Waals surface area contributed by atoms with E-state index < -0.39 is 39.4 Å². The maximum Gasteiger partial charge on any atom is 0.573 e. The Morgan fingerprint density at radius 3 is 2.34 bits per heavy atom. The molecule has 2 aromatic carbocycles. The third kappa shape index (κ3) is 6.94. The normalized spacial score (nSPS) is 11.8. The quantitative estimate of drug-likeness (QED) is 0.629. The number of halogens is 6. The first kappa shape index (κ1) is 23.0. The molecule has 0 bridgehead atoms. The molecule has 0 aliphatic rings. The molecule has 2 rings (SSSR count). The van der Waals surface area contributed by atoms with E-state index in [4.69, 9.17) is 27.9 Å². The van der Waals surface area contributed by atoms with Crippen LogP contribution in [0.1, 0.15) is 15.9 Å². The van der Waals surface area contributed by atoms with Crippen LogP contribution in [0.4, 0.5) is 17.6 Å². The smallest absolute Gasteiger partial charge is 0.489 e. The van der Waals surface area contributed by atoms with E-state index in [0.717, 1.165) is 36.6 Å². The number of nitrogens with one attached hydrogen (secondary N) is 1. The minimum atomic E-state index is -4.91. The number of carbonyl (C=O) groups is 1. The standard InChI is InChI=1S/C16H11Cl2F4NO5S/c1-29(25,26)23-15(24)10-6-11(17)8(4-13(10)19)7-27-9-2-3-14(12(18)5-9)28-16(20,21)22/h2-6H,7H2,1H3,(H,23,24). The molecular formula is C16H11Cl2F4NO5S. The zero-order valence-electron chi connectivity index (χ0n) is 14.3. The molecule has 13 heteroatoms. The molecule has 0 unspecified atom stereocenters. The fourth-order valence-electron chi connectivity index (χ4n) is 2.04. The molecule has 1 amide bonds. The van der Waals surface area contributed by atoms with E-state index in [1.807, 2.05) is 0 Å². The fraction of sp³-hybridized carbons (Fsp3) is 0.188. The minimum absolute atomic E-state index is 0.0416. The molecule has 2 aromatic rings. The van der Waals surface area contributed by atoms with E-state index in [1.54, 1.807) is 4.72 Å². The molecule has 0 aliphatic carbocycles. The number of alkyl halides is 3. The van der Waals surface area contributed by atoms with Gasteiger partial charge in [0.2, 0.25) is 10.0 Å². The van der Waals surface area contributed by atoms with Crippen LogP contribution in [0.3, 0.4) is 0 Å². The Balaban J connectivity index is 2.14. The lowest BCUT2D eigenvalue weighted by molar-refractivity contribution is -0.274. The van der Waals surface area contributed by atoms with Crippen molar-refractivity contribution in [2.45, 2.75) is 13.0 Å². The van der Waals surface area contributed by atoms with Crippen LogP contribution in [0.2, 0.25) is 10.0 Å². The van der Waals surface area contributed by atoms with Crippen LogP contribution in [0.25, 0.3) is 0 Å². The van der Waals surface area contributed by atoms with Crippen LogP contribution in [-0.4, -0.2) is 26.9 Å². The van der Waals surface area contributed by atoms with Crippen molar-refractivity contribution in [1.29, 1.82) is 0 Å². The molecule has 0 saturated heterocycles. The van der Waals surface area contributed by atoms with Gasteiger partial charge in [0.1, 0.15) is 23.9 Å². The highest BCUT2D eigenvalue weighted by molar-refractivity contribution is 7.89. The highest BCUT2D eigenvalue weighted by atomic mass is 35.5. The Bertz CT molecular complexity index is 1040. The van der Waals surface area contributed by atoms with E-state index in [1.165, 1.54) is 0 Å². The number of hydrogen-bond donors (Lipinski definition) is 1. The Morgan fingerprint density at radius 2 is 1.79 bits per heavy atom. The van der Waals surface area contributed by atoms with Gasteiger partial charge >= 0.3 is 6.36 Å². The van der Waals surface area contributed by atoms with Crippen LogP contribution in [-0.2, 0) is 16.6 Å². The SMILES string of the molecule is CS(=O)(=O)NC(=O)c1cc(Cl)c(COc2ccc(OC(F)(F)F)c(Cl)c2)cc1F. The lowest BCUT2D eigenvalue weighted by atomic mass is 10.1. The van der Waals surface area contributed by atoms with Crippen molar-refractivity contribution >= 4 is 39.1 Å². The third-order valence-corrected chi connectivity index (χ3v) is 4.39. The average molecular weight is 476 g/mol. The van der Waals surface area contributed by atoms with Crippen LogP contribution < -0.4 is 14.2 Å². The van der Waals surface area contributed by atoms with E-state index >= 15 is 0 Å². The second kappa shape index (κ2) is 8.64. The topological polar surface area (TPSA) is 81.7 Å². The molecule has 0 atom stereocenters. The van der Waals surface area contributed by atoms with Crippen LogP contribution >= 0.6 is 23.2 Å². The van der Waals surface area contributed by atoms with Crippen molar-refractivity contribution in [2.24, 2.45) is 0 Å². The van der Waals surface area contributed by atoms with E-state index in [0.29, 0.717) is 0 Å². The summed E-state index contributed by atoms with van der Waals surface area (Å²) < 4.78 is 83.6. The van der Waals surface area contributed by atoms with Gasteiger partial charge in [-0.1, -0.05) is 23.2 Å². The highest BCUT2D eigenvalue weighted by Gasteiger charge is 2.32. The molecular weight excluding hydrogens is 465 g/mol. The van der Waals surface area contributed by atoms with Gasteiger partial charge in [-0.25, -0.2) is 17.5 Å². The van der Waals surface area contributed by atoms with Crippen molar-refractivity contribution in [2.75, 3.05) is 6.26 Å². The Hall–Kier alpha value is -2.24. The average Bonchev–Trinajstić information content (AvgIpc) is 2.54. The monoisotopic (exact) mass is 475 g/mol. The van der Waals surface area contributed by atoms with Crippen molar-refractivity contribution in [1.82, 2.24) is 4.72 Å². The minimum Gasteiger partial charge on any atom is -0.489 e. The van der Waals surface area contributed by atoms with Gasteiger partial charge in [-0.3, -0.25) is 4.79 Å². The maximum absolute atomic E-state index is 14.1. The summed E-state index contributed by atoms with van der Waals surface area (Å²) in [6, 6.07) is 4.92. The summed E-state index contributed by atoms with van der Waals surface area (Å²) in [7, 11) is -3.90. The van der Waals surface area contributed by atoms with E-state index in [-0.39, 0.29) is 28.0 Å². The number of rotatable bonds is 6. The molecule has 0 saturated carbocycles. The molecule has 29 heavy (non-hydrogen) atoms. The van der Waals surface area contributed by atoms with Gasteiger partial charge in [0.05, 0.1) is 16.8 Å². The summed E-state index contributed by atoms with van der Waals surface area (Å²) in [4.78, 5) is 11.8. The predicted octanol–water partition coefficient (Wildman–Crippen LogP) is 4.30. The van der Waals surface area contributed by atoms with Crippen molar-refractivity contribution in [3.63, 3.8) is 0 Å². The summed E-state index contributed by atoms with van der Waals surface area (Å²) in [5.74, 6) is -2.84. The molecule has 0 fully saturated rings. The predicted molar refractivity (Wildman–Crippen MR) is 96.2 cm³/mol. The first-order valence-corrected chi connectivity index (χ1v) is 10.1. The zero-order chi connectivity index (χ0) is 22.0. The van der Waals surface area contributed by atoms with Gasteiger partial charge in [0.25, 0.3) is 5.91 Å². The fourth-order valence-corrected chi connectivity index (χ4v) is 2.91. The van der Waals surface area contributed by atoms with Crippen LogP contribution in [0, 0.1) is 5.82 Å². The summed E-state index contributed by atoms with van der Waals surface area (Å²) in [5.41, 5.74) is -0.507. The van der Waals surface area contributed by atoms with Crippen LogP contribution in [0.5, 0.6) is 11.5 Å². The number of carbonyl (C=O) groups excluding carboxylic acids is 1.